The molecule has 2 aliphatic heterocycles. The maximum absolute atomic E-state index is 11.9. The van der Waals surface area contributed by atoms with Gasteiger partial charge in [0.15, 0.2) is 5.79 Å². The van der Waals surface area contributed by atoms with E-state index in [9.17, 15) is 4.79 Å². The Morgan fingerprint density at radius 2 is 2.36 bits per heavy atom. The number of nitrogens with one attached hydrogen (secondary N) is 2. The number of hydrogen-bond donors (Lipinski definition) is 2. The van der Waals surface area contributed by atoms with Gasteiger partial charge in [-0.2, -0.15) is 4.37 Å². The zero-order chi connectivity index (χ0) is 15.4. The van der Waals surface area contributed by atoms with Crippen molar-refractivity contribution in [2.45, 2.75) is 24.7 Å². The van der Waals surface area contributed by atoms with Crippen molar-refractivity contribution in [1.82, 2.24) is 9.69 Å². The lowest BCUT2D eigenvalue weighted by molar-refractivity contribution is -0.210. The number of methoxy groups -OCH3 is 1. The molecule has 1 aromatic rings. The Bertz CT molecular complexity index is 518. The summed E-state index contributed by atoms with van der Waals surface area (Å²) in [6, 6.07) is -0.324. The zero-order valence-corrected chi connectivity index (χ0v) is 13.1. The number of anilines is 1. The van der Waals surface area contributed by atoms with Gasteiger partial charge in [-0.1, -0.05) is 0 Å². The van der Waals surface area contributed by atoms with Gasteiger partial charge in [0.2, 0.25) is 5.88 Å². The number of aromatic nitrogens is 1. The SMILES string of the molecule is COc1nscc1NC(=O)NCC1COC2(CCOCC2)O1. The molecule has 0 saturated carbocycles. The van der Waals surface area contributed by atoms with Crippen LogP contribution in [0.25, 0.3) is 0 Å². The quantitative estimate of drug-likeness (QED) is 0.862. The molecule has 0 radical (unpaired) electrons. The van der Waals surface area contributed by atoms with Crippen molar-refractivity contribution in [1.29, 1.82) is 0 Å². The van der Waals surface area contributed by atoms with Crippen LogP contribution in [0.4, 0.5) is 10.5 Å². The number of carbonyl (C=O) groups is 1. The van der Waals surface area contributed by atoms with Crippen LogP contribution in [0.2, 0.25) is 0 Å². The van der Waals surface area contributed by atoms with E-state index in [2.05, 4.69) is 15.0 Å². The third kappa shape index (κ3) is 3.49. The summed E-state index contributed by atoms with van der Waals surface area (Å²) in [6.07, 6.45) is 1.31. The van der Waals surface area contributed by atoms with Crippen LogP contribution in [0.1, 0.15) is 12.8 Å². The lowest BCUT2D eigenvalue weighted by atomic mass is 10.1. The van der Waals surface area contributed by atoms with Gasteiger partial charge in [0.05, 0.1) is 26.9 Å². The van der Waals surface area contributed by atoms with Crippen LogP contribution in [0.5, 0.6) is 5.88 Å². The number of amides is 2. The molecule has 1 atom stereocenters. The Hall–Kier alpha value is -1.42. The number of hydrogen-bond acceptors (Lipinski definition) is 7. The van der Waals surface area contributed by atoms with Crippen molar-refractivity contribution < 1.29 is 23.7 Å². The molecular formula is C13H19N3O5S. The maximum Gasteiger partial charge on any atom is 0.319 e. The highest BCUT2D eigenvalue weighted by atomic mass is 32.1. The van der Waals surface area contributed by atoms with Crippen LogP contribution in [-0.2, 0) is 14.2 Å². The van der Waals surface area contributed by atoms with E-state index in [1.165, 1.54) is 18.6 Å². The van der Waals surface area contributed by atoms with Crippen LogP contribution < -0.4 is 15.4 Å². The molecule has 3 rings (SSSR count). The van der Waals surface area contributed by atoms with Gasteiger partial charge >= 0.3 is 6.03 Å². The van der Waals surface area contributed by atoms with Gasteiger partial charge in [0, 0.05) is 24.8 Å². The van der Waals surface area contributed by atoms with Gasteiger partial charge in [-0.15, -0.1) is 0 Å². The van der Waals surface area contributed by atoms with Crippen molar-refractivity contribution in [3.63, 3.8) is 0 Å². The Labute approximate surface area is 132 Å². The molecule has 122 valence electrons. The highest BCUT2D eigenvalue weighted by Gasteiger charge is 2.42. The van der Waals surface area contributed by atoms with Gasteiger partial charge in [0.25, 0.3) is 0 Å². The Morgan fingerprint density at radius 1 is 1.55 bits per heavy atom. The average molecular weight is 329 g/mol. The Morgan fingerprint density at radius 3 is 3.14 bits per heavy atom. The highest BCUT2D eigenvalue weighted by Crippen LogP contribution is 2.33. The van der Waals surface area contributed by atoms with E-state index in [1.54, 1.807) is 5.38 Å². The lowest BCUT2D eigenvalue weighted by Gasteiger charge is -2.31. The fraction of sp³-hybridized carbons (Fsp3) is 0.692. The predicted molar refractivity (Wildman–Crippen MR) is 79.3 cm³/mol. The summed E-state index contributed by atoms with van der Waals surface area (Å²) in [7, 11) is 1.51. The molecular weight excluding hydrogens is 310 g/mol. The topological polar surface area (TPSA) is 90.9 Å². The maximum atomic E-state index is 11.9. The summed E-state index contributed by atoms with van der Waals surface area (Å²) in [5.74, 6) is -0.122. The number of ether oxygens (including phenoxy) is 4. The molecule has 2 N–H and O–H groups in total. The van der Waals surface area contributed by atoms with Gasteiger partial charge in [0.1, 0.15) is 11.8 Å². The minimum Gasteiger partial charge on any atom is -0.479 e. The first-order valence-corrected chi connectivity index (χ1v) is 7.97. The van der Waals surface area contributed by atoms with E-state index in [-0.39, 0.29) is 12.1 Å². The average Bonchev–Trinajstić information content (AvgIpc) is 3.13. The molecule has 8 nitrogen and oxygen atoms in total. The molecule has 2 fully saturated rings. The number of carbonyl (C=O) groups excluding carboxylic acids is 1. The molecule has 1 aromatic heterocycles. The molecule has 9 heteroatoms. The summed E-state index contributed by atoms with van der Waals surface area (Å²) in [5.41, 5.74) is 0.550. The van der Waals surface area contributed by atoms with Crippen molar-refractivity contribution in [3.05, 3.63) is 5.38 Å². The Balaban J connectivity index is 1.44. The van der Waals surface area contributed by atoms with Crippen LogP contribution in [0, 0.1) is 0 Å². The third-order valence-electron chi connectivity index (χ3n) is 3.64. The second-order valence-electron chi connectivity index (χ2n) is 5.15. The van der Waals surface area contributed by atoms with Crippen LogP contribution in [-0.4, -0.2) is 55.8 Å². The molecule has 0 bridgehead atoms. The fourth-order valence-electron chi connectivity index (χ4n) is 2.49. The lowest BCUT2D eigenvalue weighted by Crippen LogP contribution is -2.40. The molecule has 1 spiro atoms. The van der Waals surface area contributed by atoms with Gasteiger partial charge in [-0.25, -0.2) is 4.79 Å². The molecule has 1 unspecified atom stereocenters. The summed E-state index contributed by atoms with van der Waals surface area (Å²) in [5, 5.41) is 7.18. The summed E-state index contributed by atoms with van der Waals surface area (Å²) in [4.78, 5) is 11.9. The first-order valence-electron chi connectivity index (χ1n) is 7.13. The smallest absolute Gasteiger partial charge is 0.319 e. The van der Waals surface area contributed by atoms with E-state index in [0.717, 1.165) is 12.8 Å². The van der Waals surface area contributed by atoms with E-state index < -0.39 is 5.79 Å². The van der Waals surface area contributed by atoms with Crippen LogP contribution >= 0.6 is 11.5 Å². The predicted octanol–water partition coefficient (Wildman–Crippen LogP) is 1.20. The van der Waals surface area contributed by atoms with Crippen molar-refractivity contribution in [2.75, 3.05) is 38.8 Å². The van der Waals surface area contributed by atoms with E-state index in [1.807, 2.05) is 0 Å². The monoisotopic (exact) mass is 329 g/mol. The third-order valence-corrected chi connectivity index (χ3v) is 4.25. The molecule has 22 heavy (non-hydrogen) atoms. The molecule has 2 saturated heterocycles. The summed E-state index contributed by atoms with van der Waals surface area (Å²) < 4.78 is 26.1. The first-order chi connectivity index (χ1) is 10.7. The Kier molecular flexibility index (Phi) is 4.77. The van der Waals surface area contributed by atoms with Crippen molar-refractivity contribution in [3.8, 4) is 5.88 Å². The van der Waals surface area contributed by atoms with Crippen molar-refractivity contribution >= 4 is 23.3 Å². The largest absolute Gasteiger partial charge is 0.479 e. The molecule has 0 aromatic carbocycles. The van der Waals surface area contributed by atoms with Gasteiger partial charge in [-0.3, -0.25) is 0 Å². The van der Waals surface area contributed by atoms with Gasteiger partial charge in [-0.05, 0) is 11.5 Å². The van der Waals surface area contributed by atoms with Crippen LogP contribution in [0.15, 0.2) is 5.38 Å². The molecule has 2 amide bonds. The van der Waals surface area contributed by atoms with Gasteiger partial charge < -0.3 is 29.6 Å². The minimum atomic E-state index is -0.526. The van der Waals surface area contributed by atoms with Crippen molar-refractivity contribution in [2.24, 2.45) is 0 Å². The fourth-order valence-corrected chi connectivity index (χ4v) is 3.08. The number of urea groups is 1. The first kappa shape index (κ1) is 15.5. The van der Waals surface area contributed by atoms with E-state index >= 15 is 0 Å². The number of nitrogens with zero attached hydrogens (tertiary/aromatic N) is 1. The van der Waals surface area contributed by atoms with E-state index in [4.69, 9.17) is 18.9 Å². The minimum absolute atomic E-state index is 0.147. The molecule has 0 aliphatic carbocycles. The zero-order valence-electron chi connectivity index (χ0n) is 12.3. The second-order valence-corrected chi connectivity index (χ2v) is 5.78. The summed E-state index contributed by atoms with van der Waals surface area (Å²) >= 11 is 1.22. The highest BCUT2D eigenvalue weighted by molar-refractivity contribution is 7.04. The second kappa shape index (κ2) is 6.78. The number of rotatable bonds is 4. The van der Waals surface area contributed by atoms with E-state index in [0.29, 0.717) is 37.9 Å². The molecule has 3 heterocycles. The summed E-state index contributed by atoms with van der Waals surface area (Å²) in [6.45, 7) is 2.15. The standard InChI is InChI=1S/C13H19N3O5S/c1-18-11-10(8-22-16-11)15-12(17)14-6-9-7-20-13(21-9)2-4-19-5-3-13/h8-9H,2-7H2,1H3,(H2,14,15,17). The normalized spacial score (nSPS) is 23.4. The molecule has 2 aliphatic rings. The van der Waals surface area contributed by atoms with Crippen LogP contribution in [0.3, 0.4) is 0 Å².